The van der Waals surface area contributed by atoms with Gasteiger partial charge in [0, 0.05) is 19.3 Å². The van der Waals surface area contributed by atoms with E-state index in [-0.39, 0.29) is 25.2 Å². The van der Waals surface area contributed by atoms with Gasteiger partial charge in [-0.1, -0.05) is 80.9 Å². The highest BCUT2D eigenvalue weighted by atomic mass is 16.4. The van der Waals surface area contributed by atoms with E-state index in [0.717, 1.165) is 0 Å². The Kier molecular flexibility index (Phi) is 15.5. The lowest BCUT2D eigenvalue weighted by Crippen LogP contribution is -2.60. The number of hydrogen-bond acceptors (Lipinski definition) is 8. The van der Waals surface area contributed by atoms with Gasteiger partial charge in [-0.15, -0.1) is 0 Å². The molecule has 0 aliphatic carbocycles. The molecule has 10 N–H and O–H groups in total. The molecule has 5 amide bonds. The Labute approximate surface area is 274 Å². The van der Waals surface area contributed by atoms with E-state index in [1.165, 1.54) is 6.92 Å². The third-order valence-electron chi connectivity index (χ3n) is 7.76. The first-order chi connectivity index (χ1) is 22.2. The summed E-state index contributed by atoms with van der Waals surface area (Å²) in [6.07, 6.45) is -1.49. The molecular weight excluding hydrogens is 608 g/mol. The molecule has 0 saturated heterocycles. The minimum Gasteiger partial charge on any atom is -0.481 e. The molecule has 47 heavy (non-hydrogen) atoms. The van der Waals surface area contributed by atoms with Crippen LogP contribution in [-0.2, 0) is 41.6 Å². The van der Waals surface area contributed by atoms with Crippen LogP contribution in [0, 0.1) is 5.92 Å². The monoisotopic (exact) mass is 654 g/mol. The first-order valence-corrected chi connectivity index (χ1v) is 15.5. The van der Waals surface area contributed by atoms with E-state index in [9.17, 15) is 39.0 Å². The lowest BCUT2D eigenvalue weighted by molar-refractivity contribution is -0.138. The van der Waals surface area contributed by atoms with Crippen LogP contribution >= 0.6 is 0 Å². The molecule has 14 nitrogen and oxygen atoms in total. The summed E-state index contributed by atoms with van der Waals surface area (Å²) in [4.78, 5) is 76.9. The summed E-state index contributed by atoms with van der Waals surface area (Å²) in [5.41, 5.74) is 12.7. The Bertz CT molecular complexity index is 1360. The number of carboxylic acids is 1. The summed E-state index contributed by atoms with van der Waals surface area (Å²) >= 11 is 0. The van der Waals surface area contributed by atoms with Gasteiger partial charge >= 0.3 is 5.97 Å². The summed E-state index contributed by atoms with van der Waals surface area (Å²) in [5, 5.41) is 29.4. The van der Waals surface area contributed by atoms with Crippen molar-refractivity contribution < 1.29 is 39.0 Å². The van der Waals surface area contributed by atoms with E-state index in [1.54, 1.807) is 67.6 Å². The number of carbonyl (C=O) groups is 6. The lowest BCUT2D eigenvalue weighted by Gasteiger charge is -2.27. The van der Waals surface area contributed by atoms with E-state index < -0.39 is 78.2 Å². The van der Waals surface area contributed by atoms with Crippen molar-refractivity contribution in [3.8, 4) is 0 Å². The number of aliphatic carboxylic acids is 1. The molecule has 2 rings (SSSR count). The molecular formula is C33H46N6O8. The van der Waals surface area contributed by atoms with Crippen molar-refractivity contribution in [3.05, 3.63) is 71.8 Å². The van der Waals surface area contributed by atoms with Crippen LogP contribution in [0.1, 0.15) is 51.2 Å². The first kappa shape index (κ1) is 38.4. The average Bonchev–Trinajstić information content (AvgIpc) is 3.04. The zero-order valence-corrected chi connectivity index (χ0v) is 26.8. The molecule has 256 valence electrons. The molecule has 0 saturated carbocycles. The van der Waals surface area contributed by atoms with Crippen molar-refractivity contribution in [1.29, 1.82) is 0 Å². The van der Waals surface area contributed by atoms with Crippen molar-refractivity contribution in [3.63, 3.8) is 0 Å². The summed E-state index contributed by atoms with van der Waals surface area (Å²) in [6.45, 7) is 4.90. The van der Waals surface area contributed by atoms with Crippen LogP contribution in [0.25, 0.3) is 0 Å². The number of aliphatic hydroxyl groups is 1. The number of rotatable bonds is 19. The van der Waals surface area contributed by atoms with Crippen molar-refractivity contribution in [2.75, 3.05) is 0 Å². The fraction of sp³-hybridized carbons (Fsp3) is 0.455. The molecule has 0 bridgehead atoms. The molecule has 7 unspecified atom stereocenters. The van der Waals surface area contributed by atoms with Gasteiger partial charge in [0.05, 0.1) is 12.1 Å². The minimum atomic E-state index is -1.43. The fourth-order valence-electron chi connectivity index (χ4n) is 4.66. The van der Waals surface area contributed by atoms with Crippen molar-refractivity contribution in [1.82, 2.24) is 21.3 Å². The van der Waals surface area contributed by atoms with Gasteiger partial charge in [0.1, 0.15) is 24.2 Å². The second-order valence-electron chi connectivity index (χ2n) is 11.5. The van der Waals surface area contributed by atoms with Crippen molar-refractivity contribution >= 4 is 35.5 Å². The Morgan fingerprint density at radius 2 is 1.13 bits per heavy atom. The molecule has 0 aliphatic heterocycles. The van der Waals surface area contributed by atoms with E-state index >= 15 is 0 Å². The van der Waals surface area contributed by atoms with Gasteiger partial charge < -0.3 is 42.9 Å². The number of primary amides is 1. The number of hydrogen-bond donors (Lipinski definition) is 8. The second kappa shape index (κ2) is 19.0. The van der Waals surface area contributed by atoms with E-state index in [0.29, 0.717) is 17.5 Å². The maximum absolute atomic E-state index is 13.8. The Morgan fingerprint density at radius 3 is 1.53 bits per heavy atom. The maximum Gasteiger partial charge on any atom is 0.303 e. The maximum atomic E-state index is 13.8. The standard InChI is InChI=1S/C33H46N6O8/c1-4-19(2)27(34)33(47)36-23(15-16-26(41)42)30(44)37-24(17-21-11-7-5-8-12-21)31(45)38-25(18-22-13-9-6-10-14-22)32(46)39-28(20(3)40)29(35)43/h5-14,19-20,23-25,27-28,40H,4,15-18,34H2,1-3H3,(H2,35,43)(H,36,47)(H,37,44)(H,38,45)(H,39,46)(H,41,42). The third kappa shape index (κ3) is 12.8. The summed E-state index contributed by atoms with van der Waals surface area (Å²) in [5.74, 6) is -5.43. The number of carbonyl (C=O) groups excluding carboxylic acids is 5. The zero-order valence-electron chi connectivity index (χ0n) is 26.8. The largest absolute Gasteiger partial charge is 0.481 e. The summed E-state index contributed by atoms with van der Waals surface area (Å²) in [6, 6.07) is 11.2. The third-order valence-corrected chi connectivity index (χ3v) is 7.76. The topological polar surface area (TPSA) is 243 Å². The van der Waals surface area contributed by atoms with Crippen LogP contribution in [-0.4, -0.2) is 82.0 Å². The highest BCUT2D eigenvalue weighted by molar-refractivity contribution is 5.96. The lowest BCUT2D eigenvalue weighted by atomic mass is 9.98. The number of nitrogens with two attached hydrogens (primary N) is 2. The molecule has 0 spiro atoms. The van der Waals surface area contributed by atoms with E-state index in [4.69, 9.17) is 11.5 Å². The van der Waals surface area contributed by atoms with Crippen LogP contribution in [0.4, 0.5) is 0 Å². The van der Waals surface area contributed by atoms with Crippen LogP contribution in [0.15, 0.2) is 60.7 Å². The smallest absolute Gasteiger partial charge is 0.303 e. The predicted molar refractivity (Wildman–Crippen MR) is 173 cm³/mol. The normalized spacial score (nSPS) is 15.4. The molecule has 0 radical (unpaired) electrons. The zero-order chi connectivity index (χ0) is 35.1. The van der Waals surface area contributed by atoms with Gasteiger partial charge in [-0.25, -0.2) is 0 Å². The highest BCUT2D eigenvalue weighted by Crippen LogP contribution is 2.10. The fourth-order valence-corrected chi connectivity index (χ4v) is 4.66. The Morgan fingerprint density at radius 1 is 0.702 bits per heavy atom. The summed E-state index contributed by atoms with van der Waals surface area (Å²) < 4.78 is 0. The van der Waals surface area contributed by atoms with Gasteiger partial charge in [-0.05, 0) is 30.4 Å². The van der Waals surface area contributed by atoms with Crippen LogP contribution in [0.3, 0.4) is 0 Å². The van der Waals surface area contributed by atoms with Gasteiger partial charge in [0.25, 0.3) is 0 Å². The van der Waals surface area contributed by atoms with Crippen molar-refractivity contribution in [2.24, 2.45) is 17.4 Å². The molecule has 2 aromatic carbocycles. The molecule has 7 atom stereocenters. The predicted octanol–water partition coefficient (Wildman–Crippen LogP) is -0.485. The number of benzene rings is 2. The van der Waals surface area contributed by atoms with Gasteiger partial charge in [-0.3, -0.25) is 28.8 Å². The number of nitrogens with one attached hydrogen (secondary N) is 4. The quantitative estimate of drug-likeness (QED) is 0.0973. The van der Waals surface area contributed by atoms with Crippen LogP contribution in [0.2, 0.25) is 0 Å². The molecule has 0 fully saturated rings. The van der Waals surface area contributed by atoms with Gasteiger partial charge in [-0.2, -0.15) is 0 Å². The van der Waals surface area contributed by atoms with Gasteiger partial charge in [0.15, 0.2) is 0 Å². The first-order valence-electron chi connectivity index (χ1n) is 15.5. The Balaban J connectivity index is 2.40. The van der Waals surface area contributed by atoms with Gasteiger partial charge in [0.2, 0.25) is 29.5 Å². The van der Waals surface area contributed by atoms with Crippen molar-refractivity contribution in [2.45, 2.75) is 89.2 Å². The van der Waals surface area contributed by atoms with Crippen LogP contribution in [0.5, 0.6) is 0 Å². The average molecular weight is 655 g/mol. The van der Waals surface area contributed by atoms with E-state index in [1.807, 2.05) is 6.92 Å². The number of carboxylic acid groups (broad SMARTS) is 1. The molecule has 0 aliphatic rings. The number of aliphatic hydroxyl groups excluding tert-OH is 1. The Hall–Kier alpha value is -4.82. The second-order valence-corrected chi connectivity index (χ2v) is 11.5. The molecule has 2 aromatic rings. The summed E-state index contributed by atoms with van der Waals surface area (Å²) in [7, 11) is 0. The highest BCUT2D eigenvalue weighted by Gasteiger charge is 2.33. The molecule has 0 aromatic heterocycles. The molecule has 0 heterocycles. The number of amides is 5. The molecule has 14 heteroatoms. The van der Waals surface area contributed by atoms with E-state index in [2.05, 4.69) is 21.3 Å². The SMILES string of the molecule is CCC(C)C(N)C(=O)NC(CCC(=O)O)C(=O)NC(Cc1ccccc1)C(=O)NC(Cc1ccccc1)C(=O)NC(C(N)=O)C(C)O. The minimum absolute atomic E-state index is 0.0134. The van der Waals surface area contributed by atoms with Crippen LogP contribution < -0.4 is 32.7 Å².